The SMILES string of the molecule is O=C(NC1=CC(Cl)=C(Cl)C[CH]1)C1(CC2CC2)CCCCC1. The van der Waals surface area contributed by atoms with Gasteiger partial charge in [0.1, 0.15) is 0 Å². The zero-order valence-electron chi connectivity index (χ0n) is 12.3. The van der Waals surface area contributed by atoms with Crippen molar-refractivity contribution in [1.82, 2.24) is 5.32 Å². The molecule has 1 radical (unpaired) electrons. The minimum Gasteiger partial charge on any atom is -0.329 e. The first-order valence-corrected chi connectivity index (χ1v) is 8.75. The third-order valence-corrected chi connectivity index (χ3v) is 5.76. The fraction of sp³-hybridized carbons (Fsp3) is 0.647. The van der Waals surface area contributed by atoms with Crippen LogP contribution in [0.2, 0.25) is 0 Å². The molecule has 3 aliphatic rings. The van der Waals surface area contributed by atoms with Crippen LogP contribution in [-0.4, -0.2) is 5.91 Å². The van der Waals surface area contributed by atoms with Crippen molar-refractivity contribution in [3.8, 4) is 0 Å². The fourth-order valence-corrected chi connectivity index (χ4v) is 3.88. The molecule has 2 nitrogen and oxygen atoms in total. The van der Waals surface area contributed by atoms with Gasteiger partial charge in [-0.3, -0.25) is 4.79 Å². The van der Waals surface area contributed by atoms with E-state index in [0.717, 1.165) is 30.9 Å². The van der Waals surface area contributed by atoms with Crippen LogP contribution in [0.25, 0.3) is 0 Å². The monoisotopic (exact) mass is 326 g/mol. The Morgan fingerprint density at radius 2 is 1.95 bits per heavy atom. The van der Waals surface area contributed by atoms with E-state index >= 15 is 0 Å². The van der Waals surface area contributed by atoms with Crippen LogP contribution in [0.4, 0.5) is 0 Å². The summed E-state index contributed by atoms with van der Waals surface area (Å²) in [6.45, 7) is 0. The zero-order valence-corrected chi connectivity index (χ0v) is 13.8. The van der Waals surface area contributed by atoms with Crippen LogP contribution in [0.1, 0.15) is 57.8 Å². The van der Waals surface area contributed by atoms with Crippen molar-refractivity contribution < 1.29 is 4.79 Å². The minimum atomic E-state index is -0.147. The van der Waals surface area contributed by atoms with E-state index in [1.165, 1.54) is 32.1 Å². The third kappa shape index (κ3) is 3.65. The van der Waals surface area contributed by atoms with E-state index < -0.39 is 0 Å². The predicted octanol–water partition coefficient (Wildman–Crippen LogP) is 5.03. The Balaban J connectivity index is 1.70. The van der Waals surface area contributed by atoms with Crippen LogP contribution in [0.5, 0.6) is 0 Å². The Labute approximate surface area is 136 Å². The molecule has 0 bridgehead atoms. The molecule has 1 amide bonds. The summed E-state index contributed by atoms with van der Waals surface area (Å²) >= 11 is 12.0. The van der Waals surface area contributed by atoms with Gasteiger partial charge in [0.15, 0.2) is 0 Å². The summed E-state index contributed by atoms with van der Waals surface area (Å²) in [5.41, 5.74) is 0.654. The van der Waals surface area contributed by atoms with Gasteiger partial charge < -0.3 is 5.32 Å². The van der Waals surface area contributed by atoms with Crippen LogP contribution in [0.3, 0.4) is 0 Å². The molecule has 0 aromatic rings. The summed E-state index contributed by atoms with van der Waals surface area (Å²) in [6.07, 6.45) is 13.7. The van der Waals surface area contributed by atoms with Crippen LogP contribution < -0.4 is 5.32 Å². The van der Waals surface area contributed by atoms with Gasteiger partial charge in [-0.25, -0.2) is 0 Å². The lowest BCUT2D eigenvalue weighted by Crippen LogP contribution is -2.42. The van der Waals surface area contributed by atoms with E-state index in [-0.39, 0.29) is 11.3 Å². The molecule has 2 fully saturated rings. The maximum atomic E-state index is 12.9. The van der Waals surface area contributed by atoms with Gasteiger partial charge in [-0.05, 0) is 37.7 Å². The van der Waals surface area contributed by atoms with Crippen LogP contribution in [0.15, 0.2) is 21.8 Å². The molecule has 1 N–H and O–H groups in total. The predicted molar refractivity (Wildman–Crippen MR) is 86.7 cm³/mol. The van der Waals surface area contributed by atoms with Crippen molar-refractivity contribution >= 4 is 29.1 Å². The van der Waals surface area contributed by atoms with Gasteiger partial charge >= 0.3 is 0 Å². The molecular weight excluding hydrogens is 305 g/mol. The minimum absolute atomic E-state index is 0.147. The van der Waals surface area contributed by atoms with Crippen molar-refractivity contribution in [3.63, 3.8) is 0 Å². The first-order chi connectivity index (χ1) is 10.1. The molecule has 4 heteroatoms. The molecule has 0 unspecified atom stereocenters. The van der Waals surface area contributed by atoms with Crippen molar-refractivity contribution in [3.05, 3.63) is 28.3 Å². The highest BCUT2D eigenvalue weighted by atomic mass is 35.5. The summed E-state index contributed by atoms with van der Waals surface area (Å²) in [7, 11) is 0. The Bertz CT molecular complexity index is 485. The zero-order chi connectivity index (χ0) is 14.9. The fourth-order valence-electron chi connectivity index (χ4n) is 3.55. The molecule has 2 saturated carbocycles. The molecule has 0 atom stereocenters. The van der Waals surface area contributed by atoms with E-state index in [1.807, 2.05) is 6.42 Å². The first kappa shape index (κ1) is 15.4. The lowest BCUT2D eigenvalue weighted by atomic mass is 9.70. The quantitative estimate of drug-likeness (QED) is 0.770. The summed E-state index contributed by atoms with van der Waals surface area (Å²) in [5, 5.41) is 4.28. The molecule has 115 valence electrons. The van der Waals surface area contributed by atoms with E-state index in [1.54, 1.807) is 6.08 Å². The maximum absolute atomic E-state index is 12.9. The van der Waals surface area contributed by atoms with Crippen molar-refractivity contribution in [2.75, 3.05) is 0 Å². The Morgan fingerprint density at radius 1 is 1.24 bits per heavy atom. The summed E-state index contributed by atoms with van der Waals surface area (Å²) < 4.78 is 0. The highest BCUT2D eigenvalue weighted by molar-refractivity contribution is 6.40. The van der Waals surface area contributed by atoms with Gasteiger partial charge in [0.05, 0.1) is 5.03 Å². The van der Waals surface area contributed by atoms with Gasteiger partial charge in [0.25, 0.3) is 0 Å². The Kier molecular flexibility index (Phi) is 4.66. The molecule has 0 aliphatic heterocycles. The van der Waals surface area contributed by atoms with Crippen LogP contribution >= 0.6 is 23.2 Å². The van der Waals surface area contributed by atoms with E-state index in [0.29, 0.717) is 16.5 Å². The molecule has 0 spiro atoms. The average Bonchev–Trinajstić information content (AvgIpc) is 3.28. The molecule has 0 aromatic carbocycles. The van der Waals surface area contributed by atoms with E-state index in [2.05, 4.69) is 5.32 Å². The average molecular weight is 327 g/mol. The van der Waals surface area contributed by atoms with Gasteiger partial charge in [-0.1, -0.05) is 55.3 Å². The number of carbonyl (C=O) groups excluding carboxylic acids is 1. The highest BCUT2D eigenvalue weighted by Gasteiger charge is 2.43. The van der Waals surface area contributed by atoms with Crippen LogP contribution in [0, 0.1) is 17.8 Å². The number of rotatable bonds is 4. The molecule has 3 aliphatic carbocycles. The van der Waals surface area contributed by atoms with Gasteiger partial charge in [-0.2, -0.15) is 0 Å². The number of halogens is 2. The largest absolute Gasteiger partial charge is 0.329 e. The number of allylic oxidation sites excluding steroid dienone is 4. The third-order valence-electron chi connectivity index (χ3n) is 4.97. The van der Waals surface area contributed by atoms with Crippen LogP contribution in [-0.2, 0) is 4.79 Å². The summed E-state index contributed by atoms with van der Waals surface area (Å²) in [6, 6.07) is 0. The molecule has 21 heavy (non-hydrogen) atoms. The molecular formula is C17H22Cl2NO. The normalized spacial score (nSPS) is 25.5. The summed E-state index contributed by atoms with van der Waals surface area (Å²) in [5.74, 6) is 0.968. The number of carbonyl (C=O) groups is 1. The summed E-state index contributed by atoms with van der Waals surface area (Å²) in [4.78, 5) is 12.9. The second-order valence-corrected chi connectivity index (χ2v) is 7.57. The van der Waals surface area contributed by atoms with Gasteiger partial charge in [-0.15, -0.1) is 0 Å². The lowest BCUT2D eigenvalue weighted by Gasteiger charge is -2.36. The number of nitrogens with one attached hydrogen (secondary N) is 1. The van der Waals surface area contributed by atoms with Gasteiger partial charge in [0, 0.05) is 22.6 Å². The van der Waals surface area contributed by atoms with Gasteiger partial charge in [0.2, 0.25) is 5.91 Å². The topological polar surface area (TPSA) is 29.1 Å². The molecule has 0 saturated heterocycles. The Morgan fingerprint density at radius 3 is 2.57 bits per heavy atom. The number of hydrogen-bond donors (Lipinski definition) is 1. The molecule has 0 aromatic heterocycles. The van der Waals surface area contributed by atoms with Crippen molar-refractivity contribution in [1.29, 1.82) is 0 Å². The van der Waals surface area contributed by atoms with E-state index in [9.17, 15) is 4.79 Å². The maximum Gasteiger partial charge on any atom is 0.230 e. The van der Waals surface area contributed by atoms with Crippen molar-refractivity contribution in [2.45, 2.75) is 57.8 Å². The smallest absolute Gasteiger partial charge is 0.230 e. The lowest BCUT2D eigenvalue weighted by molar-refractivity contribution is -0.133. The standard InChI is InChI=1S/C17H22Cl2NO/c18-14-7-6-13(10-15(14)19)20-16(21)17(11-12-4-5-12)8-2-1-3-9-17/h6,10,12H,1-5,7-9,11H2,(H,20,21). The first-order valence-electron chi connectivity index (χ1n) is 8.00. The second kappa shape index (κ2) is 6.34. The number of amides is 1. The Hall–Kier alpha value is -0.470. The second-order valence-electron chi connectivity index (χ2n) is 6.70. The van der Waals surface area contributed by atoms with Crippen molar-refractivity contribution in [2.24, 2.45) is 11.3 Å². The molecule has 3 rings (SSSR count). The highest BCUT2D eigenvalue weighted by Crippen LogP contribution is 2.48. The number of hydrogen-bond acceptors (Lipinski definition) is 1. The molecule has 0 heterocycles. The van der Waals surface area contributed by atoms with E-state index in [4.69, 9.17) is 23.2 Å².